The topological polar surface area (TPSA) is 97.7 Å². The first-order valence-corrected chi connectivity index (χ1v) is 10.8. The second kappa shape index (κ2) is 8.52. The molecule has 2 aromatic carbocycles. The minimum absolute atomic E-state index is 0.0147. The van der Waals surface area contributed by atoms with Gasteiger partial charge in [0.1, 0.15) is 11.5 Å². The number of nitro groups is 1. The number of carbonyl (C=O) groups is 1. The summed E-state index contributed by atoms with van der Waals surface area (Å²) in [5.74, 6) is 0.772. The van der Waals surface area contributed by atoms with E-state index in [-0.39, 0.29) is 11.6 Å². The number of nitrogens with one attached hydrogen (secondary N) is 1. The molecule has 1 amide bonds. The number of amidine groups is 1. The first-order valence-electron chi connectivity index (χ1n) is 9.20. The summed E-state index contributed by atoms with van der Waals surface area (Å²) in [6.45, 7) is 4.00. The smallest absolute Gasteiger partial charge is 0.270 e. The van der Waals surface area contributed by atoms with Gasteiger partial charge in [0.2, 0.25) is 0 Å². The highest BCUT2D eigenvalue weighted by atomic mass is 79.9. The fourth-order valence-electron chi connectivity index (χ4n) is 3.13. The summed E-state index contributed by atoms with van der Waals surface area (Å²) in [6, 6.07) is 13.9. The maximum atomic E-state index is 12.4. The Hall–Kier alpha value is -3.17. The van der Waals surface area contributed by atoms with Gasteiger partial charge >= 0.3 is 0 Å². The number of carbonyl (C=O) groups excluding carboxylic acids is 1. The van der Waals surface area contributed by atoms with Crippen molar-refractivity contribution in [3.63, 3.8) is 0 Å². The van der Waals surface area contributed by atoms with Crippen molar-refractivity contribution in [1.29, 1.82) is 0 Å². The highest BCUT2D eigenvalue weighted by Crippen LogP contribution is 2.34. The molecule has 1 saturated heterocycles. The molecule has 2 heterocycles. The average molecular weight is 498 g/mol. The summed E-state index contributed by atoms with van der Waals surface area (Å²) in [5.41, 5.74) is 3.65. The van der Waals surface area contributed by atoms with E-state index in [4.69, 9.17) is 4.42 Å². The number of furan rings is 1. The molecule has 0 spiro atoms. The molecule has 0 radical (unpaired) electrons. The van der Waals surface area contributed by atoms with Crippen molar-refractivity contribution < 1.29 is 14.1 Å². The number of halogens is 1. The molecule has 0 saturated carbocycles. The average Bonchev–Trinajstić information content (AvgIpc) is 3.27. The van der Waals surface area contributed by atoms with Gasteiger partial charge < -0.3 is 9.73 Å². The van der Waals surface area contributed by atoms with E-state index in [2.05, 4.69) is 32.3 Å². The molecule has 1 aliphatic heterocycles. The molecule has 1 aromatic heterocycles. The van der Waals surface area contributed by atoms with Crippen LogP contribution in [-0.2, 0) is 4.79 Å². The SMILES string of the molecule is Cc1cc(C)cc(N=C2NC(=O)C(=Cc3ccc(-c4ccc([N+](=O)[O-])cc4Br)o3)S2)c1. The number of nitrogens with zero attached hydrogens (tertiary/aromatic N) is 2. The monoisotopic (exact) mass is 497 g/mol. The minimum atomic E-state index is -0.459. The van der Waals surface area contributed by atoms with Gasteiger partial charge in [-0.05, 0) is 83.0 Å². The number of amides is 1. The van der Waals surface area contributed by atoms with Crippen LogP contribution >= 0.6 is 27.7 Å². The van der Waals surface area contributed by atoms with E-state index in [9.17, 15) is 14.9 Å². The summed E-state index contributed by atoms with van der Waals surface area (Å²) >= 11 is 4.58. The number of aliphatic imine (C=N–C) groups is 1. The van der Waals surface area contributed by atoms with Gasteiger partial charge in [0.15, 0.2) is 5.17 Å². The Balaban J connectivity index is 1.56. The van der Waals surface area contributed by atoms with E-state index >= 15 is 0 Å². The van der Waals surface area contributed by atoms with Gasteiger partial charge in [0.05, 0.1) is 15.5 Å². The van der Waals surface area contributed by atoms with Crippen LogP contribution in [0, 0.1) is 24.0 Å². The Kier molecular flexibility index (Phi) is 5.79. The van der Waals surface area contributed by atoms with E-state index in [1.165, 1.54) is 23.9 Å². The maximum Gasteiger partial charge on any atom is 0.270 e. The standard InChI is InChI=1S/C22H16BrN3O4S/c1-12-7-13(2)9-14(8-12)24-22-25-21(27)20(31-22)11-16-4-6-19(30-16)17-5-3-15(26(28)29)10-18(17)23/h3-11H,1-2H3,(H,24,25,27). The van der Waals surface area contributed by atoms with Crippen molar-refractivity contribution in [3.8, 4) is 11.3 Å². The molecule has 31 heavy (non-hydrogen) atoms. The third-order valence-electron chi connectivity index (χ3n) is 4.42. The van der Waals surface area contributed by atoms with Crippen molar-refractivity contribution >= 4 is 56.2 Å². The molecule has 0 unspecified atom stereocenters. The van der Waals surface area contributed by atoms with E-state index in [0.29, 0.717) is 31.6 Å². The molecule has 9 heteroatoms. The molecular weight excluding hydrogens is 482 g/mol. The molecule has 1 fully saturated rings. The van der Waals surface area contributed by atoms with Crippen LogP contribution in [0.4, 0.5) is 11.4 Å². The Morgan fingerprint density at radius 3 is 2.55 bits per heavy atom. The lowest BCUT2D eigenvalue weighted by Crippen LogP contribution is -2.19. The van der Waals surface area contributed by atoms with Crippen molar-refractivity contribution in [2.24, 2.45) is 4.99 Å². The number of rotatable bonds is 4. The number of benzene rings is 2. The quantitative estimate of drug-likeness (QED) is 0.265. The van der Waals surface area contributed by atoms with Gasteiger partial charge in [-0.25, -0.2) is 4.99 Å². The number of hydrogen-bond acceptors (Lipinski definition) is 6. The molecule has 1 N–H and O–H groups in total. The van der Waals surface area contributed by atoms with Gasteiger partial charge in [-0.2, -0.15) is 0 Å². The Labute approximate surface area is 190 Å². The Bertz CT molecular complexity index is 1260. The summed E-state index contributed by atoms with van der Waals surface area (Å²) in [4.78, 5) is 27.8. The summed E-state index contributed by atoms with van der Waals surface area (Å²) in [5, 5.41) is 14.2. The van der Waals surface area contributed by atoms with Crippen LogP contribution in [-0.4, -0.2) is 16.0 Å². The Morgan fingerprint density at radius 2 is 1.87 bits per heavy atom. The summed E-state index contributed by atoms with van der Waals surface area (Å²) in [7, 11) is 0. The summed E-state index contributed by atoms with van der Waals surface area (Å²) < 4.78 is 6.38. The van der Waals surface area contributed by atoms with E-state index in [1.54, 1.807) is 24.3 Å². The first-order chi connectivity index (χ1) is 14.8. The van der Waals surface area contributed by atoms with E-state index in [1.807, 2.05) is 26.0 Å². The van der Waals surface area contributed by atoms with Gasteiger partial charge in [-0.15, -0.1) is 0 Å². The van der Waals surface area contributed by atoms with Gasteiger partial charge in [-0.3, -0.25) is 14.9 Å². The number of aryl methyl sites for hydroxylation is 2. The first kappa shape index (κ1) is 21.1. The molecule has 3 aromatic rings. The third kappa shape index (κ3) is 4.78. The fourth-order valence-corrected chi connectivity index (χ4v) is 4.52. The molecule has 7 nitrogen and oxygen atoms in total. The predicted molar refractivity (Wildman–Crippen MR) is 125 cm³/mol. The minimum Gasteiger partial charge on any atom is -0.457 e. The van der Waals surface area contributed by atoms with Crippen molar-refractivity contribution in [1.82, 2.24) is 5.32 Å². The van der Waals surface area contributed by atoms with Gasteiger partial charge in [0.25, 0.3) is 11.6 Å². The van der Waals surface area contributed by atoms with Crippen LogP contribution in [0.2, 0.25) is 0 Å². The Morgan fingerprint density at radius 1 is 1.13 bits per heavy atom. The van der Waals surface area contributed by atoms with Crippen LogP contribution < -0.4 is 5.32 Å². The second-order valence-corrected chi connectivity index (χ2v) is 8.84. The molecule has 0 aliphatic carbocycles. The zero-order valence-corrected chi connectivity index (χ0v) is 18.9. The molecule has 156 valence electrons. The van der Waals surface area contributed by atoms with Crippen LogP contribution in [0.3, 0.4) is 0 Å². The number of thioether (sulfide) groups is 1. The van der Waals surface area contributed by atoms with E-state index in [0.717, 1.165) is 16.8 Å². The zero-order chi connectivity index (χ0) is 22.1. The van der Waals surface area contributed by atoms with Crippen molar-refractivity contribution in [3.05, 3.63) is 84.9 Å². The fraction of sp³-hybridized carbons (Fsp3) is 0.0909. The number of non-ortho nitro benzene ring substituents is 1. The molecule has 0 atom stereocenters. The lowest BCUT2D eigenvalue weighted by molar-refractivity contribution is -0.384. The highest BCUT2D eigenvalue weighted by Gasteiger charge is 2.24. The van der Waals surface area contributed by atoms with Crippen molar-refractivity contribution in [2.45, 2.75) is 13.8 Å². The van der Waals surface area contributed by atoms with E-state index < -0.39 is 4.92 Å². The molecule has 0 bridgehead atoms. The molecular formula is C22H16BrN3O4S. The summed E-state index contributed by atoms with van der Waals surface area (Å²) in [6.07, 6.45) is 1.65. The number of hydrogen-bond donors (Lipinski definition) is 1. The van der Waals surface area contributed by atoms with Crippen molar-refractivity contribution in [2.75, 3.05) is 0 Å². The normalized spacial score (nSPS) is 16.2. The highest BCUT2D eigenvalue weighted by molar-refractivity contribution is 9.10. The number of nitro benzene ring substituents is 1. The van der Waals surface area contributed by atoms with Crippen LogP contribution in [0.15, 0.2) is 67.3 Å². The van der Waals surface area contributed by atoms with Gasteiger partial charge in [-0.1, -0.05) is 6.07 Å². The third-order valence-corrected chi connectivity index (χ3v) is 5.98. The second-order valence-electron chi connectivity index (χ2n) is 6.95. The largest absolute Gasteiger partial charge is 0.457 e. The molecule has 1 aliphatic rings. The van der Waals surface area contributed by atoms with Crippen LogP contribution in [0.5, 0.6) is 0 Å². The van der Waals surface area contributed by atoms with Crippen LogP contribution in [0.1, 0.15) is 16.9 Å². The van der Waals surface area contributed by atoms with Gasteiger partial charge in [0, 0.05) is 28.2 Å². The molecule has 4 rings (SSSR count). The lowest BCUT2D eigenvalue weighted by Gasteiger charge is -2.01. The predicted octanol–water partition coefficient (Wildman–Crippen LogP) is 6.13. The van der Waals surface area contributed by atoms with Crippen LogP contribution in [0.25, 0.3) is 17.4 Å². The maximum absolute atomic E-state index is 12.4. The lowest BCUT2D eigenvalue weighted by atomic mass is 10.1. The zero-order valence-electron chi connectivity index (χ0n) is 16.5.